The van der Waals surface area contributed by atoms with Crippen LogP contribution in [0, 0.1) is 0 Å². The Bertz CT molecular complexity index is 994. The summed E-state index contributed by atoms with van der Waals surface area (Å²) < 4.78 is 45.4. The topological polar surface area (TPSA) is 93.8 Å². The highest BCUT2D eigenvalue weighted by molar-refractivity contribution is 7.92. The number of carbonyl (C=O) groups is 1. The molecule has 3 aliphatic carbocycles. The van der Waals surface area contributed by atoms with Gasteiger partial charge in [0.2, 0.25) is 0 Å². The maximum atomic E-state index is 12.8. The largest absolute Gasteiger partial charge is 0.435 e. The second-order valence-corrected chi connectivity index (χ2v) is 9.50. The molecule has 1 aromatic carbocycles. The third kappa shape index (κ3) is 4.20. The molecule has 156 valence electrons. The third-order valence-electron chi connectivity index (χ3n) is 5.62. The van der Waals surface area contributed by atoms with Crippen molar-refractivity contribution in [2.75, 3.05) is 5.32 Å². The molecule has 2 atom stereocenters. The fourth-order valence-corrected chi connectivity index (χ4v) is 5.43. The van der Waals surface area contributed by atoms with E-state index in [2.05, 4.69) is 20.5 Å². The van der Waals surface area contributed by atoms with Gasteiger partial charge >= 0.3 is 12.6 Å². The van der Waals surface area contributed by atoms with E-state index in [-0.39, 0.29) is 12.2 Å². The number of hydrogen-bond donors (Lipinski definition) is 2. The van der Waals surface area contributed by atoms with Crippen LogP contribution < -0.4 is 10.5 Å². The molecule has 0 saturated carbocycles. The quantitative estimate of drug-likeness (QED) is 0.767. The molecule has 9 heteroatoms. The van der Waals surface area contributed by atoms with E-state index in [1.54, 1.807) is 0 Å². The first-order valence-electron chi connectivity index (χ1n) is 9.68. The van der Waals surface area contributed by atoms with Crippen LogP contribution in [0.5, 0.6) is 0 Å². The van der Waals surface area contributed by atoms with Crippen LogP contribution in [0.1, 0.15) is 41.5 Å². The van der Waals surface area contributed by atoms with Crippen molar-refractivity contribution in [3.63, 3.8) is 0 Å². The predicted octanol–water partition coefficient (Wildman–Crippen LogP) is 3.99. The molecule has 6 nitrogen and oxygen atoms in total. The number of aryl methyl sites for hydroxylation is 2. The smallest absolute Gasteiger partial charge is 0.387 e. The minimum absolute atomic E-state index is 0.0219. The zero-order chi connectivity index (χ0) is 20.6. The normalized spacial score (nSPS) is 21.9. The van der Waals surface area contributed by atoms with Crippen molar-refractivity contribution in [1.29, 1.82) is 0 Å². The van der Waals surface area contributed by atoms with E-state index in [0.717, 1.165) is 55.3 Å². The lowest BCUT2D eigenvalue weighted by Gasteiger charge is -2.18. The maximum Gasteiger partial charge on any atom is 0.387 e. The van der Waals surface area contributed by atoms with Gasteiger partial charge in [0, 0.05) is 5.69 Å². The molecule has 4 rings (SSSR count). The van der Waals surface area contributed by atoms with Crippen molar-refractivity contribution < 1.29 is 22.5 Å². The van der Waals surface area contributed by atoms with Crippen molar-refractivity contribution in [2.45, 2.75) is 56.8 Å². The van der Waals surface area contributed by atoms with E-state index in [9.17, 15) is 17.8 Å². The van der Waals surface area contributed by atoms with Crippen molar-refractivity contribution >= 4 is 21.6 Å². The number of nitrogens with zero attached hydrogens (tertiary/aromatic N) is 1. The molecule has 0 radical (unpaired) electrons. The van der Waals surface area contributed by atoms with Gasteiger partial charge in [0.25, 0.3) is 0 Å². The fourth-order valence-electron chi connectivity index (χ4n) is 4.32. The van der Waals surface area contributed by atoms with Crippen LogP contribution >= 0.6 is 0 Å². The molecule has 2 unspecified atom stereocenters. The SMILES string of the molecule is NS(=O)(=NC(=O)Nc1c2c(cc3c1CCC3)CCC2)C1C=CC(OC(F)F)=CC1. The highest BCUT2D eigenvalue weighted by atomic mass is 32.2. The van der Waals surface area contributed by atoms with E-state index in [0.29, 0.717) is 0 Å². The lowest BCUT2D eigenvalue weighted by molar-refractivity contribution is -0.0924. The van der Waals surface area contributed by atoms with Crippen LogP contribution in [0.25, 0.3) is 0 Å². The average Bonchev–Trinajstić information content (AvgIpc) is 3.30. The molecule has 0 bridgehead atoms. The highest BCUT2D eigenvalue weighted by Gasteiger charge is 2.26. The van der Waals surface area contributed by atoms with E-state index in [1.165, 1.54) is 29.4 Å². The Morgan fingerprint density at radius 1 is 1.21 bits per heavy atom. The number of alkyl halides is 2. The molecule has 1 aromatic rings. The van der Waals surface area contributed by atoms with Crippen LogP contribution in [0.4, 0.5) is 19.3 Å². The number of ether oxygens (including phenoxy) is 1. The fraction of sp³-hybridized carbons (Fsp3) is 0.450. The van der Waals surface area contributed by atoms with Crippen molar-refractivity contribution in [3.8, 4) is 0 Å². The molecule has 3 N–H and O–H groups in total. The summed E-state index contributed by atoms with van der Waals surface area (Å²) in [5.74, 6) is -0.0219. The number of nitrogens with two attached hydrogens (primary N) is 1. The number of fused-ring (bicyclic) bond motifs is 2. The van der Waals surface area contributed by atoms with Crippen LogP contribution in [0.3, 0.4) is 0 Å². The summed E-state index contributed by atoms with van der Waals surface area (Å²) >= 11 is 0. The number of hydrogen-bond acceptors (Lipinski definition) is 3. The summed E-state index contributed by atoms with van der Waals surface area (Å²) in [5, 5.41) is 7.93. The second kappa shape index (κ2) is 7.87. The Balaban J connectivity index is 1.53. The predicted molar refractivity (Wildman–Crippen MR) is 107 cm³/mol. The van der Waals surface area contributed by atoms with Gasteiger partial charge in [0.1, 0.15) is 15.7 Å². The monoisotopic (exact) mass is 423 g/mol. The van der Waals surface area contributed by atoms with Gasteiger partial charge in [-0.3, -0.25) is 0 Å². The lowest BCUT2D eigenvalue weighted by Crippen LogP contribution is -2.29. The summed E-state index contributed by atoms with van der Waals surface area (Å²) in [6.45, 7) is -2.94. The van der Waals surface area contributed by atoms with Gasteiger partial charge in [-0.25, -0.2) is 14.1 Å². The first-order valence-corrected chi connectivity index (χ1v) is 11.3. The van der Waals surface area contributed by atoms with E-state index in [4.69, 9.17) is 5.14 Å². The summed E-state index contributed by atoms with van der Waals surface area (Å²) in [6.07, 6.45) is 10.0. The third-order valence-corrected chi connectivity index (χ3v) is 7.28. The first kappa shape index (κ1) is 20.0. The molecule has 0 aliphatic heterocycles. The Labute approximate surface area is 168 Å². The Hall–Kier alpha value is -2.26. The van der Waals surface area contributed by atoms with Gasteiger partial charge < -0.3 is 10.1 Å². The van der Waals surface area contributed by atoms with Gasteiger partial charge in [0.15, 0.2) is 0 Å². The Morgan fingerprint density at radius 3 is 2.41 bits per heavy atom. The summed E-state index contributed by atoms with van der Waals surface area (Å²) in [7, 11) is -3.39. The molecule has 2 amide bonds. The van der Waals surface area contributed by atoms with Gasteiger partial charge in [-0.2, -0.15) is 8.78 Å². The van der Waals surface area contributed by atoms with Gasteiger partial charge in [-0.15, -0.1) is 4.36 Å². The highest BCUT2D eigenvalue weighted by Crippen LogP contribution is 2.38. The number of carbonyl (C=O) groups excluding carboxylic acids is 1. The number of rotatable bonds is 4. The van der Waals surface area contributed by atoms with E-state index < -0.39 is 27.8 Å². The molecule has 0 spiro atoms. The van der Waals surface area contributed by atoms with Gasteiger partial charge in [-0.1, -0.05) is 12.1 Å². The molecule has 3 aliphatic rings. The first-order chi connectivity index (χ1) is 13.8. The Morgan fingerprint density at radius 2 is 1.86 bits per heavy atom. The molecule has 0 heterocycles. The zero-order valence-electron chi connectivity index (χ0n) is 15.8. The zero-order valence-corrected chi connectivity index (χ0v) is 16.6. The van der Waals surface area contributed by atoms with Crippen LogP contribution in [0.15, 0.2) is 34.4 Å². The number of nitrogens with one attached hydrogen (secondary N) is 1. The molecule has 0 aromatic heterocycles. The number of halogens is 2. The summed E-state index contributed by atoms with van der Waals surface area (Å²) in [5.41, 5.74) is 5.63. The number of anilines is 1. The van der Waals surface area contributed by atoms with E-state index >= 15 is 0 Å². The molecule has 29 heavy (non-hydrogen) atoms. The standard InChI is InChI=1S/C20H23F2N3O3S/c21-19(22)28-14-7-9-15(10-8-14)29(23,27)25-20(26)24-18-16-5-1-3-12(16)11-13-4-2-6-17(13)18/h7-9,11,15,19H,1-6,10H2,(H3,23,24,25,26,27). The van der Waals surface area contributed by atoms with Crippen molar-refractivity contribution in [2.24, 2.45) is 9.50 Å². The van der Waals surface area contributed by atoms with Gasteiger partial charge in [0.05, 0.1) is 5.25 Å². The molecule has 0 fully saturated rings. The second-order valence-electron chi connectivity index (χ2n) is 7.49. The van der Waals surface area contributed by atoms with Crippen molar-refractivity contribution in [1.82, 2.24) is 0 Å². The number of allylic oxidation sites excluding steroid dienone is 2. The number of benzene rings is 1. The minimum atomic E-state index is -3.39. The maximum absolute atomic E-state index is 12.8. The average molecular weight is 423 g/mol. The van der Waals surface area contributed by atoms with E-state index in [1.807, 2.05) is 0 Å². The Kier molecular flexibility index (Phi) is 5.44. The van der Waals surface area contributed by atoms with Crippen LogP contribution in [0.2, 0.25) is 0 Å². The van der Waals surface area contributed by atoms with Crippen molar-refractivity contribution in [3.05, 3.63) is 52.3 Å². The van der Waals surface area contributed by atoms with Gasteiger partial charge in [-0.05, 0) is 79.4 Å². The number of urea groups is 1. The number of amides is 2. The van der Waals surface area contributed by atoms with Crippen LogP contribution in [-0.4, -0.2) is 22.1 Å². The lowest BCUT2D eigenvalue weighted by atomic mass is 9.99. The summed E-state index contributed by atoms with van der Waals surface area (Å²) in [6, 6.07) is 1.51. The molecular weight excluding hydrogens is 400 g/mol. The summed E-state index contributed by atoms with van der Waals surface area (Å²) in [4.78, 5) is 12.6. The minimum Gasteiger partial charge on any atom is -0.435 e. The molecule has 0 saturated heterocycles. The van der Waals surface area contributed by atoms with Crippen LogP contribution in [-0.2, 0) is 40.3 Å². The molecular formula is C20H23F2N3O3S.